The molecule has 5 heteroatoms. The topological polar surface area (TPSA) is 49.4 Å². The van der Waals surface area contributed by atoms with Crippen molar-refractivity contribution in [1.82, 2.24) is 14.1 Å². The summed E-state index contributed by atoms with van der Waals surface area (Å²) in [5, 5.41) is 9.14. The Labute approximate surface area is 141 Å². The van der Waals surface area contributed by atoms with Crippen molar-refractivity contribution >= 4 is 23.3 Å². The molecule has 2 aromatic heterocycles. The fourth-order valence-electron chi connectivity index (χ4n) is 3.21. The van der Waals surface area contributed by atoms with Crippen molar-refractivity contribution in [2.75, 3.05) is 0 Å². The highest BCUT2D eigenvalue weighted by molar-refractivity contribution is 7.71. The van der Waals surface area contributed by atoms with Gasteiger partial charge in [0.25, 0.3) is 0 Å². The molecule has 1 aromatic carbocycles. The second kappa shape index (κ2) is 6.05. The van der Waals surface area contributed by atoms with Crippen LogP contribution in [0.25, 0.3) is 22.3 Å². The van der Waals surface area contributed by atoms with E-state index < -0.39 is 0 Å². The van der Waals surface area contributed by atoms with E-state index in [-0.39, 0.29) is 0 Å². The molecular weight excluding hydrogens is 304 g/mol. The first-order chi connectivity index (χ1) is 11.1. The number of H-pyrrole nitrogens is 1. The number of rotatable bonds is 4. The number of imidazole rings is 1. The zero-order valence-corrected chi connectivity index (χ0v) is 14.4. The molecule has 0 saturated carbocycles. The lowest BCUT2D eigenvalue weighted by atomic mass is 10.1. The standard InChI is InChI=1S/C18H20N4S/c1-4-13(5-2)22-17-10-12(6-8-15(17)20-18(22)23)16-9-7-14(11-19)21(16)3/h6-10,13H,4-5H2,1-3H3,(H,20,23). The number of nitrogens with one attached hydrogen (secondary N) is 1. The van der Waals surface area contributed by atoms with Crippen molar-refractivity contribution in [3.63, 3.8) is 0 Å². The molecule has 0 aliphatic carbocycles. The Hall–Kier alpha value is -2.32. The van der Waals surface area contributed by atoms with E-state index in [0.717, 1.165) is 39.9 Å². The number of nitrogens with zero attached hydrogens (tertiary/aromatic N) is 3. The number of fused-ring (bicyclic) bond motifs is 1. The van der Waals surface area contributed by atoms with E-state index in [1.54, 1.807) is 0 Å². The lowest BCUT2D eigenvalue weighted by Crippen LogP contribution is -2.06. The highest BCUT2D eigenvalue weighted by Crippen LogP contribution is 2.29. The van der Waals surface area contributed by atoms with Crippen LogP contribution < -0.4 is 0 Å². The largest absolute Gasteiger partial charge is 0.335 e. The maximum Gasteiger partial charge on any atom is 0.178 e. The van der Waals surface area contributed by atoms with Crippen molar-refractivity contribution in [3.05, 3.63) is 40.8 Å². The molecule has 0 saturated heterocycles. The molecule has 23 heavy (non-hydrogen) atoms. The van der Waals surface area contributed by atoms with Gasteiger partial charge in [0.1, 0.15) is 11.8 Å². The van der Waals surface area contributed by atoms with Gasteiger partial charge in [-0.3, -0.25) is 0 Å². The van der Waals surface area contributed by atoms with Gasteiger partial charge in [-0.05, 0) is 49.3 Å². The van der Waals surface area contributed by atoms with Gasteiger partial charge < -0.3 is 14.1 Å². The predicted molar refractivity (Wildman–Crippen MR) is 95.9 cm³/mol. The van der Waals surface area contributed by atoms with E-state index in [1.807, 2.05) is 23.7 Å². The Kier molecular flexibility index (Phi) is 4.10. The van der Waals surface area contributed by atoms with Gasteiger partial charge >= 0.3 is 0 Å². The second-order valence-electron chi connectivity index (χ2n) is 5.78. The molecule has 2 heterocycles. The average molecular weight is 324 g/mol. The molecule has 0 unspecified atom stereocenters. The number of hydrogen-bond acceptors (Lipinski definition) is 2. The van der Waals surface area contributed by atoms with Crippen molar-refractivity contribution in [1.29, 1.82) is 5.26 Å². The average Bonchev–Trinajstić information content (AvgIpc) is 3.08. The molecule has 3 aromatic rings. The van der Waals surface area contributed by atoms with E-state index in [2.05, 4.69) is 47.7 Å². The molecule has 3 rings (SSSR count). The van der Waals surface area contributed by atoms with Crippen molar-refractivity contribution in [2.24, 2.45) is 7.05 Å². The molecule has 0 aliphatic rings. The Morgan fingerprint density at radius 1 is 1.22 bits per heavy atom. The third kappa shape index (κ3) is 2.49. The molecular formula is C18H20N4S. The summed E-state index contributed by atoms with van der Waals surface area (Å²) in [6.45, 7) is 4.38. The van der Waals surface area contributed by atoms with E-state index in [9.17, 15) is 0 Å². The highest BCUT2D eigenvalue weighted by Gasteiger charge is 2.14. The number of nitriles is 1. The summed E-state index contributed by atoms with van der Waals surface area (Å²) in [4.78, 5) is 3.30. The highest BCUT2D eigenvalue weighted by atomic mass is 32.1. The molecule has 0 spiro atoms. The first-order valence-corrected chi connectivity index (χ1v) is 8.32. The van der Waals surface area contributed by atoms with E-state index in [1.165, 1.54) is 0 Å². The van der Waals surface area contributed by atoms with Gasteiger partial charge in [0.2, 0.25) is 0 Å². The van der Waals surface area contributed by atoms with Crippen LogP contribution in [0.3, 0.4) is 0 Å². The Morgan fingerprint density at radius 2 is 1.96 bits per heavy atom. The molecule has 0 aliphatic heterocycles. The number of aromatic nitrogens is 3. The lowest BCUT2D eigenvalue weighted by Gasteiger charge is -2.16. The summed E-state index contributed by atoms with van der Waals surface area (Å²) >= 11 is 5.53. The fraction of sp³-hybridized carbons (Fsp3) is 0.333. The van der Waals surface area contributed by atoms with Crippen LogP contribution in [0.4, 0.5) is 0 Å². The van der Waals surface area contributed by atoms with Gasteiger partial charge in [-0.25, -0.2) is 0 Å². The van der Waals surface area contributed by atoms with Gasteiger partial charge in [0, 0.05) is 24.3 Å². The Balaban J connectivity index is 2.22. The molecule has 1 N–H and O–H groups in total. The first-order valence-electron chi connectivity index (χ1n) is 7.91. The second-order valence-corrected chi connectivity index (χ2v) is 6.16. The Bertz CT molecular complexity index is 948. The van der Waals surface area contributed by atoms with Crippen LogP contribution in [-0.2, 0) is 7.05 Å². The summed E-state index contributed by atoms with van der Waals surface area (Å²) in [5.41, 5.74) is 4.97. The number of hydrogen-bond donors (Lipinski definition) is 1. The van der Waals surface area contributed by atoms with Gasteiger partial charge in [0.15, 0.2) is 4.77 Å². The van der Waals surface area contributed by atoms with Gasteiger partial charge in [-0.15, -0.1) is 0 Å². The third-order valence-electron chi connectivity index (χ3n) is 4.56. The molecule has 0 fully saturated rings. The van der Waals surface area contributed by atoms with E-state index in [4.69, 9.17) is 17.5 Å². The van der Waals surface area contributed by atoms with Crippen LogP contribution in [0, 0.1) is 16.1 Å². The van der Waals surface area contributed by atoms with Crippen LogP contribution in [0.5, 0.6) is 0 Å². The van der Waals surface area contributed by atoms with E-state index in [0.29, 0.717) is 11.7 Å². The maximum absolute atomic E-state index is 9.14. The minimum Gasteiger partial charge on any atom is -0.335 e. The summed E-state index contributed by atoms with van der Waals surface area (Å²) in [5.74, 6) is 0. The molecule has 118 valence electrons. The number of aromatic amines is 1. The molecule has 4 nitrogen and oxygen atoms in total. The zero-order valence-electron chi connectivity index (χ0n) is 13.6. The Morgan fingerprint density at radius 3 is 2.57 bits per heavy atom. The van der Waals surface area contributed by atoms with E-state index >= 15 is 0 Å². The fourth-order valence-corrected chi connectivity index (χ4v) is 3.57. The van der Waals surface area contributed by atoms with Crippen LogP contribution in [0.2, 0.25) is 0 Å². The predicted octanol–water partition coefficient (Wildman–Crippen LogP) is 4.94. The molecule has 0 bridgehead atoms. The molecule has 0 radical (unpaired) electrons. The van der Waals surface area contributed by atoms with Crippen LogP contribution in [-0.4, -0.2) is 14.1 Å². The van der Waals surface area contributed by atoms with Crippen molar-refractivity contribution in [2.45, 2.75) is 32.7 Å². The monoisotopic (exact) mass is 324 g/mol. The SMILES string of the molecule is CCC(CC)n1c(=S)[nH]c2ccc(-c3ccc(C#N)n3C)cc21. The van der Waals surface area contributed by atoms with Crippen molar-refractivity contribution < 1.29 is 0 Å². The zero-order chi connectivity index (χ0) is 16.6. The van der Waals surface area contributed by atoms with Gasteiger partial charge in [-0.2, -0.15) is 5.26 Å². The van der Waals surface area contributed by atoms with Crippen LogP contribution >= 0.6 is 12.2 Å². The normalized spacial score (nSPS) is 11.3. The number of benzene rings is 1. The first kappa shape index (κ1) is 15.6. The van der Waals surface area contributed by atoms with Crippen LogP contribution in [0.15, 0.2) is 30.3 Å². The molecule has 0 amide bonds. The molecule has 0 atom stereocenters. The van der Waals surface area contributed by atoms with Crippen LogP contribution in [0.1, 0.15) is 38.4 Å². The minimum atomic E-state index is 0.398. The van der Waals surface area contributed by atoms with Gasteiger partial charge in [-0.1, -0.05) is 19.9 Å². The summed E-state index contributed by atoms with van der Waals surface area (Å²) < 4.78 is 4.92. The minimum absolute atomic E-state index is 0.398. The lowest BCUT2D eigenvalue weighted by molar-refractivity contribution is 0.478. The summed E-state index contributed by atoms with van der Waals surface area (Å²) in [6.07, 6.45) is 2.09. The third-order valence-corrected chi connectivity index (χ3v) is 4.86. The maximum atomic E-state index is 9.14. The van der Waals surface area contributed by atoms with Gasteiger partial charge in [0.05, 0.1) is 11.0 Å². The summed E-state index contributed by atoms with van der Waals surface area (Å²) in [7, 11) is 1.92. The smallest absolute Gasteiger partial charge is 0.178 e. The van der Waals surface area contributed by atoms with Crippen molar-refractivity contribution in [3.8, 4) is 17.3 Å². The summed E-state index contributed by atoms with van der Waals surface area (Å²) in [6, 6.07) is 12.7. The quantitative estimate of drug-likeness (QED) is 0.691.